The lowest BCUT2D eigenvalue weighted by Gasteiger charge is -2.07. The molecule has 0 heterocycles. The van der Waals surface area contributed by atoms with Crippen molar-refractivity contribution in [1.82, 2.24) is 0 Å². The van der Waals surface area contributed by atoms with E-state index < -0.39 is 0 Å². The van der Waals surface area contributed by atoms with Crippen LogP contribution in [0.15, 0.2) is 18.2 Å². The molecule has 0 atom stereocenters. The first kappa shape index (κ1) is 10.7. The Kier molecular flexibility index (Phi) is 4.15. The maximum atomic E-state index is 5.49. The average molecular weight is 211 g/mol. The van der Waals surface area contributed by atoms with Crippen molar-refractivity contribution in [1.29, 1.82) is 0 Å². The third-order valence-corrected chi connectivity index (χ3v) is 1.84. The van der Waals surface area contributed by atoms with Crippen molar-refractivity contribution in [2.24, 2.45) is 0 Å². The standard InChI is InChI=1S/C11H11ClO2/c1-13-10-6-3-7-11(14-2)9(10)5-4-8-12/h3,6-7H,8H2,1-2H3. The first-order valence-electron chi connectivity index (χ1n) is 4.09. The van der Waals surface area contributed by atoms with Crippen LogP contribution in [0, 0.1) is 11.8 Å². The topological polar surface area (TPSA) is 18.5 Å². The van der Waals surface area contributed by atoms with E-state index >= 15 is 0 Å². The molecule has 0 aliphatic rings. The van der Waals surface area contributed by atoms with Gasteiger partial charge in [-0.2, -0.15) is 0 Å². The summed E-state index contributed by atoms with van der Waals surface area (Å²) in [4.78, 5) is 0. The van der Waals surface area contributed by atoms with Crippen LogP contribution in [0.25, 0.3) is 0 Å². The average Bonchev–Trinajstić information content (AvgIpc) is 2.25. The molecule has 3 heteroatoms. The van der Waals surface area contributed by atoms with Gasteiger partial charge in [-0.15, -0.1) is 11.6 Å². The maximum Gasteiger partial charge on any atom is 0.138 e. The van der Waals surface area contributed by atoms with E-state index in [4.69, 9.17) is 21.1 Å². The van der Waals surface area contributed by atoms with E-state index in [1.54, 1.807) is 14.2 Å². The van der Waals surface area contributed by atoms with Gasteiger partial charge >= 0.3 is 0 Å². The fraction of sp³-hybridized carbons (Fsp3) is 0.273. The van der Waals surface area contributed by atoms with E-state index in [0.717, 1.165) is 5.56 Å². The number of hydrogen-bond donors (Lipinski definition) is 0. The van der Waals surface area contributed by atoms with E-state index in [0.29, 0.717) is 17.4 Å². The third kappa shape index (κ3) is 2.34. The largest absolute Gasteiger partial charge is 0.495 e. The van der Waals surface area contributed by atoms with Crippen molar-refractivity contribution in [2.45, 2.75) is 0 Å². The quantitative estimate of drug-likeness (QED) is 0.551. The highest BCUT2D eigenvalue weighted by atomic mass is 35.5. The first-order valence-corrected chi connectivity index (χ1v) is 4.62. The van der Waals surface area contributed by atoms with Crippen molar-refractivity contribution in [3.8, 4) is 23.3 Å². The first-order chi connectivity index (χ1) is 6.83. The van der Waals surface area contributed by atoms with Crippen molar-refractivity contribution in [2.75, 3.05) is 20.1 Å². The summed E-state index contributed by atoms with van der Waals surface area (Å²) in [5.74, 6) is 7.36. The summed E-state index contributed by atoms with van der Waals surface area (Å²) >= 11 is 5.49. The van der Waals surface area contributed by atoms with Crippen LogP contribution in [0.3, 0.4) is 0 Å². The van der Waals surface area contributed by atoms with Gasteiger partial charge in [-0.05, 0) is 12.1 Å². The van der Waals surface area contributed by atoms with Gasteiger partial charge in [0.25, 0.3) is 0 Å². The smallest absolute Gasteiger partial charge is 0.138 e. The van der Waals surface area contributed by atoms with Crippen LogP contribution in [-0.2, 0) is 0 Å². The molecule has 2 nitrogen and oxygen atoms in total. The predicted molar refractivity (Wildman–Crippen MR) is 57.1 cm³/mol. The van der Waals surface area contributed by atoms with Crippen molar-refractivity contribution < 1.29 is 9.47 Å². The number of rotatable bonds is 2. The van der Waals surface area contributed by atoms with E-state index in [1.165, 1.54) is 0 Å². The van der Waals surface area contributed by atoms with E-state index in [9.17, 15) is 0 Å². The van der Waals surface area contributed by atoms with Gasteiger partial charge in [0.05, 0.1) is 20.1 Å². The summed E-state index contributed by atoms with van der Waals surface area (Å²) in [6, 6.07) is 5.52. The molecule has 1 aromatic rings. The summed E-state index contributed by atoms with van der Waals surface area (Å²) in [5.41, 5.74) is 0.734. The van der Waals surface area contributed by atoms with Gasteiger partial charge in [0.15, 0.2) is 0 Å². The normalized spacial score (nSPS) is 8.79. The fourth-order valence-electron chi connectivity index (χ4n) is 1.10. The third-order valence-electron chi connectivity index (χ3n) is 1.71. The number of methoxy groups -OCH3 is 2. The predicted octanol–water partition coefficient (Wildman–Crippen LogP) is 2.29. The zero-order valence-corrected chi connectivity index (χ0v) is 8.89. The molecule has 0 spiro atoms. The maximum absolute atomic E-state index is 5.49. The van der Waals surface area contributed by atoms with E-state index in [1.807, 2.05) is 18.2 Å². The van der Waals surface area contributed by atoms with Crippen LogP contribution in [0.4, 0.5) is 0 Å². The Morgan fingerprint density at radius 3 is 2.21 bits per heavy atom. The SMILES string of the molecule is COc1cccc(OC)c1C#CCCl. The van der Waals surface area contributed by atoms with Crippen molar-refractivity contribution in [3.05, 3.63) is 23.8 Å². The summed E-state index contributed by atoms with van der Waals surface area (Å²) < 4.78 is 10.3. The van der Waals surface area contributed by atoms with Gasteiger partial charge in [-0.3, -0.25) is 0 Å². The minimum absolute atomic E-state index is 0.293. The van der Waals surface area contributed by atoms with Gasteiger partial charge in [0.2, 0.25) is 0 Å². The number of ether oxygens (including phenoxy) is 2. The molecule has 0 aromatic heterocycles. The highest BCUT2D eigenvalue weighted by Gasteiger charge is 2.05. The van der Waals surface area contributed by atoms with Gasteiger partial charge in [-0.25, -0.2) is 0 Å². The molecule has 0 fully saturated rings. The minimum atomic E-state index is 0.293. The van der Waals surface area contributed by atoms with Crippen LogP contribution >= 0.6 is 11.6 Å². The molecule has 74 valence electrons. The van der Waals surface area contributed by atoms with Crippen molar-refractivity contribution in [3.63, 3.8) is 0 Å². The zero-order valence-electron chi connectivity index (χ0n) is 8.13. The lowest BCUT2D eigenvalue weighted by atomic mass is 10.2. The van der Waals surface area contributed by atoms with Crippen LogP contribution in [-0.4, -0.2) is 20.1 Å². The van der Waals surface area contributed by atoms with Crippen LogP contribution in [0.1, 0.15) is 5.56 Å². The molecule has 0 saturated carbocycles. The summed E-state index contributed by atoms with van der Waals surface area (Å²) in [7, 11) is 3.20. The molecule has 0 amide bonds. The van der Waals surface area contributed by atoms with Crippen molar-refractivity contribution >= 4 is 11.6 Å². The van der Waals surface area contributed by atoms with Gasteiger partial charge in [0.1, 0.15) is 17.1 Å². The Balaban J connectivity index is 3.19. The summed E-state index contributed by atoms with van der Waals surface area (Å²) in [5, 5.41) is 0. The molecule has 0 N–H and O–H groups in total. The van der Waals surface area contributed by atoms with Gasteiger partial charge in [-0.1, -0.05) is 17.9 Å². The lowest BCUT2D eigenvalue weighted by Crippen LogP contribution is -1.92. The Morgan fingerprint density at radius 2 is 1.79 bits per heavy atom. The molecule has 0 saturated heterocycles. The van der Waals surface area contributed by atoms with Crippen LogP contribution in [0.2, 0.25) is 0 Å². The number of halogens is 1. The molecule has 0 aliphatic carbocycles. The van der Waals surface area contributed by atoms with Crippen LogP contribution in [0.5, 0.6) is 11.5 Å². The summed E-state index contributed by atoms with van der Waals surface area (Å²) in [6.07, 6.45) is 0. The highest BCUT2D eigenvalue weighted by molar-refractivity contribution is 6.19. The molecule has 14 heavy (non-hydrogen) atoms. The highest BCUT2D eigenvalue weighted by Crippen LogP contribution is 2.26. The monoisotopic (exact) mass is 210 g/mol. The Bertz CT molecular complexity index is 341. The van der Waals surface area contributed by atoms with Gasteiger partial charge in [0, 0.05) is 0 Å². The second kappa shape index (κ2) is 5.41. The van der Waals surface area contributed by atoms with Crippen LogP contribution < -0.4 is 9.47 Å². The number of hydrogen-bond acceptors (Lipinski definition) is 2. The minimum Gasteiger partial charge on any atom is -0.495 e. The fourth-order valence-corrected chi connectivity index (χ4v) is 1.16. The Labute approximate surface area is 88.8 Å². The molecular weight excluding hydrogens is 200 g/mol. The number of alkyl halides is 1. The van der Waals surface area contributed by atoms with E-state index in [2.05, 4.69) is 11.8 Å². The molecule has 0 unspecified atom stereocenters. The molecule has 0 bridgehead atoms. The molecule has 0 radical (unpaired) electrons. The second-order valence-corrected chi connectivity index (χ2v) is 2.74. The Morgan fingerprint density at radius 1 is 1.21 bits per heavy atom. The second-order valence-electron chi connectivity index (χ2n) is 2.47. The Hall–Kier alpha value is -1.33. The number of benzene rings is 1. The molecular formula is C11H11ClO2. The van der Waals surface area contributed by atoms with Gasteiger partial charge < -0.3 is 9.47 Å². The lowest BCUT2D eigenvalue weighted by molar-refractivity contribution is 0.392. The van der Waals surface area contributed by atoms with E-state index in [-0.39, 0.29) is 0 Å². The zero-order chi connectivity index (χ0) is 10.4. The summed E-state index contributed by atoms with van der Waals surface area (Å²) in [6.45, 7) is 0. The molecule has 1 aromatic carbocycles. The molecule has 0 aliphatic heterocycles. The molecule has 1 rings (SSSR count).